The van der Waals surface area contributed by atoms with Crippen molar-refractivity contribution in [1.29, 1.82) is 0 Å². The van der Waals surface area contributed by atoms with Gasteiger partial charge in [-0.15, -0.1) is 0 Å². The number of nitrogens with zero attached hydrogens (tertiary/aromatic N) is 1. The molecule has 0 saturated heterocycles. The standard InChI is InChI=1S/C22H29N3O4S/c1-15(2)25(6)30(28,29)19-12-7-9-16(13-19)20(26)23-17-10-8-11-18(14-17)24-21(27)22(3,4)5/h7-15H,1-6H3,(H,23,26)(H,24,27). The second-order valence-corrected chi connectivity index (χ2v) is 10.4. The predicted octanol–water partition coefficient (Wildman–Crippen LogP) is 3.95. The number of benzene rings is 2. The summed E-state index contributed by atoms with van der Waals surface area (Å²) in [6, 6.07) is 12.5. The van der Waals surface area contributed by atoms with Crippen molar-refractivity contribution in [1.82, 2.24) is 4.31 Å². The van der Waals surface area contributed by atoms with E-state index in [0.29, 0.717) is 11.4 Å². The number of rotatable bonds is 6. The van der Waals surface area contributed by atoms with Gasteiger partial charge in [0, 0.05) is 35.4 Å². The zero-order chi connectivity index (χ0) is 22.7. The highest BCUT2D eigenvalue weighted by Crippen LogP contribution is 2.22. The summed E-state index contributed by atoms with van der Waals surface area (Å²) in [7, 11) is -2.19. The molecule has 0 fully saturated rings. The van der Waals surface area contributed by atoms with E-state index in [1.54, 1.807) is 44.2 Å². The molecular formula is C22H29N3O4S. The molecule has 0 saturated carbocycles. The van der Waals surface area contributed by atoms with Gasteiger partial charge in [0.15, 0.2) is 0 Å². The summed E-state index contributed by atoms with van der Waals surface area (Å²) in [4.78, 5) is 24.9. The lowest BCUT2D eigenvalue weighted by atomic mass is 9.95. The van der Waals surface area contributed by atoms with Gasteiger partial charge in [-0.3, -0.25) is 9.59 Å². The fraction of sp³-hybridized carbons (Fsp3) is 0.364. The number of carbonyl (C=O) groups is 2. The highest BCUT2D eigenvalue weighted by molar-refractivity contribution is 7.89. The minimum absolute atomic E-state index is 0.0533. The van der Waals surface area contributed by atoms with E-state index in [0.717, 1.165) is 0 Å². The van der Waals surface area contributed by atoms with Crippen LogP contribution in [0.2, 0.25) is 0 Å². The average Bonchev–Trinajstić information content (AvgIpc) is 2.66. The van der Waals surface area contributed by atoms with Crippen molar-refractivity contribution in [3.63, 3.8) is 0 Å². The van der Waals surface area contributed by atoms with Crippen molar-refractivity contribution >= 4 is 33.2 Å². The summed E-state index contributed by atoms with van der Waals surface area (Å²) < 4.78 is 26.6. The number of carbonyl (C=O) groups excluding carboxylic acids is 2. The van der Waals surface area contributed by atoms with Gasteiger partial charge in [0.1, 0.15) is 0 Å². The van der Waals surface area contributed by atoms with Crippen LogP contribution >= 0.6 is 0 Å². The first-order valence-electron chi connectivity index (χ1n) is 9.63. The molecule has 2 amide bonds. The summed E-state index contributed by atoms with van der Waals surface area (Å²) in [5.74, 6) is -0.586. The van der Waals surface area contributed by atoms with E-state index in [2.05, 4.69) is 10.6 Å². The van der Waals surface area contributed by atoms with Gasteiger partial charge in [-0.05, 0) is 50.2 Å². The lowest BCUT2D eigenvalue weighted by molar-refractivity contribution is -0.123. The van der Waals surface area contributed by atoms with E-state index in [1.807, 2.05) is 20.8 Å². The second-order valence-electron chi connectivity index (χ2n) is 8.38. The quantitative estimate of drug-likeness (QED) is 0.724. The molecule has 0 aromatic heterocycles. The zero-order valence-electron chi connectivity index (χ0n) is 18.2. The fourth-order valence-corrected chi connectivity index (χ4v) is 3.85. The third-order valence-electron chi connectivity index (χ3n) is 4.56. The molecule has 0 aliphatic heterocycles. The van der Waals surface area contributed by atoms with Crippen molar-refractivity contribution in [2.75, 3.05) is 17.7 Å². The summed E-state index contributed by atoms with van der Waals surface area (Å²) in [5, 5.41) is 5.55. The molecule has 8 heteroatoms. The molecule has 162 valence electrons. The Balaban J connectivity index is 2.22. The Morgan fingerprint density at radius 1 is 0.933 bits per heavy atom. The van der Waals surface area contributed by atoms with Crippen molar-refractivity contribution in [3.8, 4) is 0 Å². The molecule has 7 nitrogen and oxygen atoms in total. The van der Waals surface area contributed by atoms with E-state index < -0.39 is 21.3 Å². The molecule has 30 heavy (non-hydrogen) atoms. The number of hydrogen-bond acceptors (Lipinski definition) is 4. The van der Waals surface area contributed by atoms with Gasteiger partial charge in [-0.2, -0.15) is 4.31 Å². The van der Waals surface area contributed by atoms with Crippen LogP contribution in [-0.4, -0.2) is 37.6 Å². The first kappa shape index (κ1) is 23.6. The van der Waals surface area contributed by atoms with E-state index in [9.17, 15) is 18.0 Å². The highest BCUT2D eigenvalue weighted by atomic mass is 32.2. The smallest absolute Gasteiger partial charge is 0.255 e. The lowest BCUT2D eigenvalue weighted by Gasteiger charge is -2.21. The maximum Gasteiger partial charge on any atom is 0.255 e. The average molecular weight is 432 g/mol. The number of amides is 2. The maximum absolute atomic E-state index is 12.7. The van der Waals surface area contributed by atoms with Crippen LogP contribution in [0.15, 0.2) is 53.4 Å². The molecule has 0 aliphatic carbocycles. The van der Waals surface area contributed by atoms with Crippen LogP contribution in [0.4, 0.5) is 11.4 Å². The maximum atomic E-state index is 12.7. The molecule has 0 radical (unpaired) electrons. The molecule has 0 spiro atoms. The number of anilines is 2. The second kappa shape index (κ2) is 8.97. The van der Waals surface area contributed by atoms with Crippen molar-refractivity contribution in [2.24, 2.45) is 5.41 Å². The Morgan fingerprint density at radius 2 is 1.50 bits per heavy atom. The van der Waals surface area contributed by atoms with Gasteiger partial charge in [0.2, 0.25) is 15.9 Å². The van der Waals surface area contributed by atoms with E-state index in [4.69, 9.17) is 0 Å². The minimum atomic E-state index is -3.70. The largest absolute Gasteiger partial charge is 0.326 e. The van der Waals surface area contributed by atoms with E-state index >= 15 is 0 Å². The Bertz CT molecular complexity index is 1040. The predicted molar refractivity (Wildman–Crippen MR) is 119 cm³/mol. The number of hydrogen-bond donors (Lipinski definition) is 2. The normalized spacial score (nSPS) is 12.1. The fourth-order valence-electron chi connectivity index (χ4n) is 2.44. The van der Waals surface area contributed by atoms with Crippen LogP contribution in [0.1, 0.15) is 45.0 Å². The van der Waals surface area contributed by atoms with Crippen molar-refractivity contribution < 1.29 is 18.0 Å². The van der Waals surface area contributed by atoms with Crippen LogP contribution < -0.4 is 10.6 Å². The van der Waals surface area contributed by atoms with Crippen molar-refractivity contribution in [3.05, 3.63) is 54.1 Å². The Morgan fingerprint density at radius 3 is 2.07 bits per heavy atom. The first-order chi connectivity index (χ1) is 13.8. The number of sulfonamides is 1. The Labute approximate surface area is 178 Å². The molecule has 2 N–H and O–H groups in total. The Kier molecular flexibility index (Phi) is 7.05. The topological polar surface area (TPSA) is 95.6 Å². The summed E-state index contributed by atoms with van der Waals surface area (Å²) >= 11 is 0. The molecule has 0 atom stereocenters. The van der Waals surface area contributed by atoms with Gasteiger partial charge in [-0.25, -0.2) is 8.42 Å². The molecular weight excluding hydrogens is 402 g/mol. The molecule has 2 aromatic carbocycles. The summed E-state index contributed by atoms with van der Waals surface area (Å²) in [6.07, 6.45) is 0. The van der Waals surface area contributed by atoms with Crippen LogP contribution in [0.5, 0.6) is 0 Å². The van der Waals surface area contributed by atoms with Gasteiger partial charge in [0.25, 0.3) is 5.91 Å². The van der Waals surface area contributed by atoms with Gasteiger partial charge >= 0.3 is 0 Å². The Hall–Kier alpha value is -2.71. The highest BCUT2D eigenvalue weighted by Gasteiger charge is 2.24. The number of nitrogens with one attached hydrogen (secondary N) is 2. The monoisotopic (exact) mass is 431 g/mol. The molecule has 0 aliphatic rings. The van der Waals surface area contributed by atoms with Crippen molar-refractivity contribution in [2.45, 2.75) is 45.6 Å². The third-order valence-corrected chi connectivity index (χ3v) is 6.59. The van der Waals surface area contributed by atoms with E-state index in [1.165, 1.54) is 29.6 Å². The SMILES string of the molecule is CC(C)N(C)S(=O)(=O)c1cccc(C(=O)Nc2cccc(NC(=O)C(C)(C)C)c2)c1. The van der Waals surface area contributed by atoms with Gasteiger partial charge in [0.05, 0.1) is 4.90 Å². The van der Waals surface area contributed by atoms with Crippen LogP contribution in [0.25, 0.3) is 0 Å². The third kappa shape index (κ3) is 5.67. The van der Waals surface area contributed by atoms with Gasteiger partial charge < -0.3 is 10.6 Å². The summed E-state index contributed by atoms with van der Waals surface area (Å²) in [6.45, 7) is 8.99. The lowest BCUT2D eigenvalue weighted by Crippen LogP contribution is -2.33. The minimum Gasteiger partial charge on any atom is -0.326 e. The van der Waals surface area contributed by atoms with Crippen LogP contribution in [-0.2, 0) is 14.8 Å². The zero-order valence-corrected chi connectivity index (χ0v) is 19.0. The van der Waals surface area contributed by atoms with Crippen LogP contribution in [0.3, 0.4) is 0 Å². The van der Waals surface area contributed by atoms with E-state index in [-0.39, 0.29) is 22.4 Å². The first-order valence-corrected chi connectivity index (χ1v) is 11.1. The molecule has 2 aromatic rings. The summed E-state index contributed by atoms with van der Waals surface area (Å²) in [5.41, 5.74) is 0.716. The molecule has 0 heterocycles. The van der Waals surface area contributed by atoms with Crippen LogP contribution in [0, 0.1) is 5.41 Å². The molecule has 0 unspecified atom stereocenters. The van der Waals surface area contributed by atoms with Gasteiger partial charge in [-0.1, -0.05) is 32.9 Å². The molecule has 0 bridgehead atoms. The molecule has 2 rings (SSSR count).